The van der Waals surface area contributed by atoms with Gasteiger partial charge in [-0.3, -0.25) is 0 Å². The third-order valence-electron chi connectivity index (χ3n) is 8.86. The Hall–Kier alpha value is -4.94. The number of carbonyl (C=O) groups excluding carboxylic acids is 2. The molecule has 0 saturated carbocycles. The molecule has 0 unspecified atom stereocenters. The van der Waals surface area contributed by atoms with Crippen LogP contribution in [-0.4, -0.2) is 88.2 Å². The van der Waals surface area contributed by atoms with Crippen molar-refractivity contribution in [3.05, 3.63) is 46.5 Å². The molecule has 0 amide bonds. The van der Waals surface area contributed by atoms with E-state index in [9.17, 15) is 19.8 Å². The normalized spacial score (nSPS) is 17.0. The van der Waals surface area contributed by atoms with Gasteiger partial charge >= 0.3 is 11.9 Å². The van der Waals surface area contributed by atoms with Crippen molar-refractivity contribution in [2.45, 2.75) is 65.0 Å². The molecular formula is C38H42O12. The minimum absolute atomic E-state index is 0.242. The van der Waals surface area contributed by atoms with E-state index in [1.807, 2.05) is 39.8 Å². The third kappa shape index (κ3) is 5.75. The van der Waals surface area contributed by atoms with Gasteiger partial charge in [0, 0.05) is 46.9 Å². The predicted molar refractivity (Wildman–Crippen MR) is 185 cm³/mol. The van der Waals surface area contributed by atoms with E-state index in [2.05, 4.69) is 0 Å². The van der Waals surface area contributed by atoms with Crippen LogP contribution in [0.4, 0.5) is 0 Å². The summed E-state index contributed by atoms with van der Waals surface area (Å²) in [4.78, 5) is 26.8. The molecule has 6 rings (SSSR count). The summed E-state index contributed by atoms with van der Waals surface area (Å²) >= 11 is 0. The Morgan fingerprint density at radius 3 is 1.28 bits per heavy atom. The molecule has 0 fully saturated rings. The number of carbonyl (C=O) groups is 2. The maximum absolute atomic E-state index is 13.4. The monoisotopic (exact) mass is 690 g/mol. The van der Waals surface area contributed by atoms with Crippen LogP contribution in [0, 0.1) is 0 Å². The van der Waals surface area contributed by atoms with Gasteiger partial charge in [-0.15, -0.1) is 0 Å². The molecule has 4 aromatic carbocycles. The maximum Gasteiger partial charge on any atom is 0.342 e. The molecule has 2 atom stereocenters. The number of fused-ring (bicyclic) bond motifs is 4. The molecule has 2 aliphatic rings. The smallest absolute Gasteiger partial charge is 0.342 e. The first-order chi connectivity index (χ1) is 24.0. The summed E-state index contributed by atoms with van der Waals surface area (Å²) in [6, 6.07) is 7.24. The van der Waals surface area contributed by atoms with Gasteiger partial charge in [0.25, 0.3) is 0 Å². The second kappa shape index (κ2) is 13.8. The van der Waals surface area contributed by atoms with Crippen LogP contribution in [0.3, 0.4) is 0 Å². The fourth-order valence-corrected chi connectivity index (χ4v) is 7.01. The van der Waals surface area contributed by atoms with Gasteiger partial charge < -0.3 is 48.1 Å². The van der Waals surface area contributed by atoms with Gasteiger partial charge in [-0.2, -0.15) is 0 Å². The topological polar surface area (TPSA) is 148 Å². The molecular weight excluding hydrogens is 648 g/mol. The second-order valence-corrected chi connectivity index (χ2v) is 12.8. The van der Waals surface area contributed by atoms with Gasteiger partial charge in [-0.05, 0) is 51.0 Å². The summed E-state index contributed by atoms with van der Waals surface area (Å²) in [6.45, 7) is 6.86. The van der Waals surface area contributed by atoms with Gasteiger partial charge in [0.15, 0.2) is 0 Å². The lowest BCUT2D eigenvalue weighted by Crippen LogP contribution is -2.31. The van der Waals surface area contributed by atoms with E-state index in [0.29, 0.717) is 66.8 Å². The van der Waals surface area contributed by atoms with E-state index in [-0.39, 0.29) is 60.9 Å². The Morgan fingerprint density at radius 2 is 0.980 bits per heavy atom. The Morgan fingerprint density at radius 1 is 0.600 bits per heavy atom. The predicted octanol–water partition coefficient (Wildman–Crippen LogP) is 5.42. The van der Waals surface area contributed by atoms with Gasteiger partial charge in [0.2, 0.25) is 0 Å². The number of rotatable bonds is 11. The highest BCUT2D eigenvalue weighted by molar-refractivity contribution is 6.18. The molecule has 0 saturated heterocycles. The zero-order chi connectivity index (χ0) is 36.0. The summed E-state index contributed by atoms with van der Waals surface area (Å²) in [5.74, 6) is 0.962. The Balaban J connectivity index is 1.84. The maximum atomic E-state index is 13.4. The zero-order valence-electron chi connectivity index (χ0n) is 29.4. The molecule has 2 heterocycles. The quantitative estimate of drug-likeness (QED) is 0.194. The van der Waals surface area contributed by atoms with Crippen molar-refractivity contribution in [1.29, 1.82) is 0 Å². The van der Waals surface area contributed by atoms with E-state index in [4.69, 9.17) is 37.9 Å². The molecule has 0 bridgehead atoms. The molecule has 2 N–H and O–H groups in total. The number of benzene rings is 4. The number of ether oxygens (including phenoxy) is 8. The summed E-state index contributed by atoms with van der Waals surface area (Å²) in [7, 11) is 6.05. The standard InChI is InChI=1S/C38H42O12/c1-17(2)47-27-13-25(43-5)31(23-11-19-9-21(15-39)49-37(41)29(19)35(45-7)33(23)27)32-24-12-20-10-22(16-40)50-38(42)30(20)36(46-8)34(24)28(48-18(3)4)14-26(32)44-6/h11-14,17-18,21-22,39-40H,9-10,15-16H2,1-8H3/t21-,22-/m0/s1. The molecule has 2 aliphatic heterocycles. The fourth-order valence-electron chi connectivity index (χ4n) is 7.01. The van der Waals surface area contributed by atoms with Gasteiger partial charge in [-0.1, -0.05) is 0 Å². The number of methoxy groups -OCH3 is 4. The van der Waals surface area contributed by atoms with Crippen molar-refractivity contribution in [2.75, 3.05) is 41.7 Å². The molecule has 0 aromatic heterocycles. The van der Waals surface area contributed by atoms with E-state index in [0.717, 1.165) is 0 Å². The van der Waals surface area contributed by atoms with Gasteiger partial charge in [0.05, 0.1) is 64.6 Å². The highest BCUT2D eigenvalue weighted by Gasteiger charge is 2.36. The average Bonchev–Trinajstić information content (AvgIpc) is 3.08. The van der Waals surface area contributed by atoms with Crippen molar-refractivity contribution < 1.29 is 57.7 Å². The number of aliphatic hydroxyl groups is 2. The number of aliphatic hydroxyl groups excluding tert-OH is 2. The highest BCUT2D eigenvalue weighted by atomic mass is 16.6. The summed E-state index contributed by atoms with van der Waals surface area (Å²) in [5, 5.41) is 22.2. The van der Waals surface area contributed by atoms with Crippen molar-refractivity contribution in [3.63, 3.8) is 0 Å². The first kappa shape index (κ1) is 34.9. The summed E-state index contributed by atoms with van der Waals surface area (Å²) < 4.78 is 47.9. The lowest BCUT2D eigenvalue weighted by atomic mass is 9.85. The van der Waals surface area contributed by atoms with Crippen LogP contribution in [0.1, 0.15) is 59.5 Å². The fraction of sp³-hybridized carbons (Fsp3) is 0.421. The highest BCUT2D eigenvalue weighted by Crippen LogP contribution is 2.55. The van der Waals surface area contributed by atoms with Gasteiger partial charge in [0.1, 0.15) is 57.8 Å². The average molecular weight is 691 g/mol. The first-order valence-corrected chi connectivity index (χ1v) is 16.5. The van der Waals surface area contributed by atoms with Crippen LogP contribution in [0.25, 0.3) is 32.7 Å². The van der Waals surface area contributed by atoms with E-state index in [1.165, 1.54) is 14.2 Å². The van der Waals surface area contributed by atoms with Crippen LogP contribution in [0.5, 0.6) is 34.5 Å². The summed E-state index contributed by atoms with van der Waals surface area (Å²) in [5.41, 5.74) is 2.88. The molecule has 4 aromatic rings. The Labute approximate surface area is 289 Å². The molecule has 0 spiro atoms. The molecule has 50 heavy (non-hydrogen) atoms. The number of cyclic esters (lactones) is 2. The zero-order valence-corrected chi connectivity index (χ0v) is 29.4. The lowest BCUT2D eigenvalue weighted by Gasteiger charge is -2.29. The molecule has 0 aliphatic carbocycles. The van der Waals surface area contributed by atoms with Crippen molar-refractivity contribution >= 4 is 33.5 Å². The van der Waals surface area contributed by atoms with Crippen molar-refractivity contribution in [2.24, 2.45) is 0 Å². The van der Waals surface area contributed by atoms with Gasteiger partial charge in [-0.25, -0.2) is 9.59 Å². The number of hydrogen-bond acceptors (Lipinski definition) is 12. The molecule has 266 valence electrons. The number of hydrogen-bond donors (Lipinski definition) is 2. The third-order valence-corrected chi connectivity index (χ3v) is 8.86. The lowest BCUT2D eigenvalue weighted by molar-refractivity contribution is 0.00839. The largest absolute Gasteiger partial charge is 0.496 e. The Bertz CT molecular complexity index is 1850. The molecule has 12 nitrogen and oxygen atoms in total. The van der Waals surface area contributed by atoms with E-state index < -0.39 is 24.1 Å². The van der Waals surface area contributed by atoms with Crippen molar-refractivity contribution in [1.82, 2.24) is 0 Å². The van der Waals surface area contributed by atoms with E-state index in [1.54, 1.807) is 26.4 Å². The Kier molecular flexibility index (Phi) is 9.60. The van der Waals surface area contributed by atoms with Crippen LogP contribution in [-0.2, 0) is 22.3 Å². The minimum atomic E-state index is -0.740. The minimum Gasteiger partial charge on any atom is -0.496 e. The van der Waals surface area contributed by atoms with Crippen LogP contribution in [0.15, 0.2) is 24.3 Å². The van der Waals surface area contributed by atoms with E-state index >= 15 is 0 Å². The van der Waals surface area contributed by atoms with Crippen LogP contribution in [0.2, 0.25) is 0 Å². The first-order valence-electron chi connectivity index (χ1n) is 16.5. The summed E-state index contributed by atoms with van der Waals surface area (Å²) in [6.07, 6.45) is -1.50. The molecule has 0 radical (unpaired) electrons. The molecule has 12 heteroatoms. The SMILES string of the molecule is COc1cc(OC(C)C)c2c(OC)c3c(cc2c1-c1c(OC)cc(OC(C)C)c2c(OC)c4c(cc12)C[C@@H](CO)OC4=O)C[C@@H](CO)OC3=O. The second-order valence-electron chi connectivity index (χ2n) is 12.8. The van der Waals surface area contributed by atoms with Crippen LogP contribution < -0.4 is 28.4 Å². The van der Waals surface area contributed by atoms with Crippen molar-refractivity contribution in [3.8, 4) is 45.6 Å². The van der Waals surface area contributed by atoms with Crippen LogP contribution >= 0.6 is 0 Å². The number of esters is 2.